The van der Waals surface area contributed by atoms with Crippen molar-refractivity contribution in [1.82, 2.24) is 19.7 Å². The van der Waals surface area contributed by atoms with Gasteiger partial charge in [0.05, 0.1) is 11.0 Å². The molecule has 0 aliphatic rings. The number of imidazole rings is 1. The van der Waals surface area contributed by atoms with E-state index < -0.39 is 0 Å². The van der Waals surface area contributed by atoms with Gasteiger partial charge in [-0.3, -0.25) is 0 Å². The molecule has 5 aromatic rings. The summed E-state index contributed by atoms with van der Waals surface area (Å²) in [5.74, 6) is 1.88. The topological polar surface area (TPSA) is 56.7 Å². The molecule has 0 bridgehead atoms. The van der Waals surface area contributed by atoms with E-state index in [1.807, 2.05) is 60.7 Å². The molecule has 6 heteroatoms. The molecule has 0 saturated carbocycles. The van der Waals surface area contributed by atoms with Gasteiger partial charge >= 0.3 is 0 Å². The molecule has 0 N–H and O–H groups in total. The van der Waals surface area contributed by atoms with Crippen molar-refractivity contribution < 1.29 is 4.42 Å². The maximum Gasteiger partial charge on any atom is 0.247 e. The van der Waals surface area contributed by atoms with Crippen molar-refractivity contribution in [2.75, 3.05) is 0 Å². The Morgan fingerprint density at radius 3 is 2.37 bits per heavy atom. The molecule has 148 valence electrons. The van der Waals surface area contributed by atoms with E-state index in [-0.39, 0.29) is 0 Å². The minimum Gasteiger partial charge on any atom is -0.419 e. The largest absolute Gasteiger partial charge is 0.419 e. The first-order valence-corrected chi connectivity index (χ1v) is 10.2. The van der Waals surface area contributed by atoms with Crippen molar-refractivity contribution in [1.29, 1.82) is 0 Å². The molecular formula is C24H19ClN4O. The summed E-state index contributed by atoms with van der Waals surface area (Å²) in [5, 5.41) is 9.22. The van der Waals surface area contributed by atoms with E-state index in [9.17, 15) is 0 Å². The summed E-state index contributed by atoms with van der Waals surface area (Å²) in [5.41, 5.74) is 5.09. The van der Waals surface area contributed by atoms with Gasteiger partial charge in [0.1, 0.15) is 12.4 Å². The average molecular weight is 415 g/mol. The second-order valence-electron chi connectivity index (χ2n) is 7.07. The second kappa shape index (κ2) is 7.76. The summed E-state index contributed by atoms with van der Waals surface area (Å²) in [4.78, 5) is 4.82. The minimum atomic E-state index is 0.429. The van der Waals surface area contributed by atoms with E-state index in [0.717, 1.165) is 34.4 Å². The minimum absolute atomic E-state index is 0.429. The number of rotatable bonds is 5. The third kappa shape index (κ3) is 3.48. The third-order valence-electron chi connectivity index (χ3n) is 5.13. The van der Waals surface area contributed by atoms with E-state index in [4.69, 9.17) is 21.0 Å². The number of para-hydroxylation sites is 2. The maximum absolute atomic E-state index is 6.07. The van der Waals surface area contributed by atoms with E-state index in [2.05, 4.69) is 33.8 Å². The Kier molecular flexibility index (Phi) is 4.81. The molecule has 0 fully saturated rings. The van der Waals surface area contributed by atoms with Crippen LogP contribution >= 0.6 is 11.6 Å². The predicted octanol–water partition coefficient (Wildman–Crippen LogP) is 6.02. The summed E-state index contributed by atoms with van der Waals surface area (Å²) in [6.07, 6.45) is 0.997. The van der Waals surface area contributed by atoms with Gasteiger partial charge in [-0.15, -0.1) is 10.2 Å². The van der Waals surface area contributed by atoms with Gasteiger partial charge < -0.3 is 8.98 Å². The molecule has 0 unspecified atom stereocenters. The highest BCUT2D eigenvalue weighted by molar-refractivity contribution is 6.30. The van der Waals surface area contributed by atoms with Crippen LogP contribution in [0.25, 0.3) is 33.9 Å². The van der Waals surface area contributed by atoms with Crippen molar-refractivity contribution >= 4 is 22.6 Å². The number of halogens is 1. The van der Waals surface area contributed by atoms with Crippen LogP contribution < -0.4 is 0 Å². The molecule has 0 aliphatic carbocycles. The smallest absolute Gasteiger partial charge is 0.247 e. The molecule has 0 atom stereocenters. The number of nitrogens with zero attached hydrogens (tertiary/aromatic N) is 4. The van der Waals surface area contributed by atoms with Crippen LogP contribution in [-0.2, 0) is 13.0 Å². The molecular weight excluding hydrogens is 396 g/mol. The molecule has 0 aliphatic heterocycles. The summed E-state index contributed by atoms with van der Waals surface area (Å²) < 4.78 is 8.08. The Labute approximate surface area is 179 Å². The number of fused-ring (bicyclic) bond motifs is 1. The SMILES string of the molecule is CCc1ccc(-c2nnc(Cn3c(-c4ccc(Cl)cc4)nc4ccccc43)o2)cc1. The standard InChI is InChI=1S/C24H19ClN4O/c1-2-16-7-9-18(10-8-16)24-28-27-22(30-24)15-29-21-6-4-3-5-20(21)26-23(29)17-11-13-19(25)14-12-17/h3-14H,2,15H2,1H3. The lowest BCUT2D eigenvalue weighted by Gasteiger charge is -2.07. The first-order valence-electron chi connectivity index (χ1n) is 9.84. The average Bonchev–Trinajstić information content (AvgIpc) is 3.40. The van der Waals surface area contributed by atoms with Crippen molar-refractivity contribution in [3.63, 3.8) is 0 Å². The summed E-state index contributed by atoms with van der Waals surface area (Å²) in [6, 6.07) is 23.9. The van der Waals surface area contributed by atoms with Crippen LogP contribution in [0.15, 0.2) is 77.2 Å². The second-order valence-corrected chi connectivity index (χ2v) is 7.51. The molecule has 0 radical (unpaired) electrons. The van der Waals surface area contributed by atoms with Crippen molar-refractivity contribution in [3.05, 3.63) is 89.3 Å². The van der Waals surface area contributed by atoms with Crippen molar-refractivity contribution in [2.24, 2.45) is 0 Å². The van der Waals surface area contributed by atoms with Crippen LogP contribution in [0.2, 0.25) is 5.02 Å². The molecule has 5 nitrogen and oxygen atoms in total. The quantitative estimate of drug-likeness (QED) is 0.353. The van der Waals surface area contributed by atoms with E-state index in [1.54, 1.807) is 0 Å². The van der Waals surface area contributed by atoms with Gasteiger partial charge in [-0.1, -0.05) is 42.8 Å². The summed E-state index contributed by atoms with van der Waals surface area (Å²) >= 11 is 6.07. The Balaban J connectivity index is 1.53. The van der Waals surface area contributed by atoms with Crippen LogP contribution in [0, 0.1) is 0 Å². The van der Waals surface area contributed by atoms with Crippen molar-refractivity contribution in [2.45, 2.75) is 19.9 Å². The fraction of sp³-hybridized carbons (Fsp3) is 0.125. The lowest BCUT2D eigenvalue weighted by Crippen LogP contribution is -2.02. The zero-order chi connectivity index (χ0) is 20.5. The molecule has 2 heterocycles. The molecule has 30 heavy (non-hydrogen) atoms. The normalized spacial score (nSPS) is 11.3. The Bertz CT molecular complexity index is 1300. The van der Waals surface area contributed by atoms with Crippen LogP contribution in [0.5, 0.6) is 0 Å². The first-order chi connectivity index (χ1) is 14.7. The monoisotopic (exact) mass is 414 g/mol. The molecule has 0 spiro atoms. The lowest BCUT2D eigenvalue weighted by molar-refractivity contribution is 0.492. The number of hydrogen-bond acceptors (Lipinski definition) is 4. The van der Waals surface area contributed by atoms with Gasteiger partial charge in [-0.2, -0.15) is 0 Å². The number of aryl methyl sites for hydroxylation is 1. The van der Waals surface area contributed by atoms with Gasteiger partial charge in [0.15, 0.2) is 0 Å². The van der Waals surface area contributed by atoms with E-state index in [1.165, 1.54) is 5.56 Å². The highest BCUT2D eigenvalue weighted by Gasteiger charge is 2.16. The van der Waals surface area contributed by atoms with Gasteiger partial charge in [0.25, 0.3) is 0 Å². The summed E-state index contributed by atoms with van der Waals surface area (Å²) in [6.45, 7) is 2.56. The van der Waals surface area contributed by atoms with Gasteiger partial charge in [0, 0.05) is 16.1 Å². The van der Waals surface area contributed by atoms with Gasteiger partial charge in [-0.05, 0) is 60.5 Å². The highest BCUT2D eigenvalue weighted by atomic mass is 35.5. The van der Waals surface area contributed by atoms with Gasteiger partial charge in [-0.25, -0.2) is 4.98 Å². The fourth-order valence-electron chi connectivity index (χ4n) is 3.51. The van der Waals surface area contributed by atoms with E-state index >= 15 is 0 Å². The van der Waals surface area contributed by atoms with Crippen LogP contribution in [0.4, 0.5) is 0 Å². The zero-order valence-corrected chi connectivity index (χ0v) is 17.2. The van der Waals surface area contributed by atoms with Crippen LogP contribution in [-0.4, -0.2) is 19.7 Å². The lowest BCUT2D eigenvalue weighted by atomic mass is 10.1. The Hall–Kier alpha value is -3.44. The number of hydrogen-bond donors (Lipinski definition) is 0. The zero-order valence-electron chi connectivity index (χ0n) is 16.4. The highest BCUT2D eigenvalue weighted by Crippen LogP contribution is 2.27. The molecule has 0 saturated heterocycles. The fourth-order valence-corrected chi connectivity index (χ4v) is 3.63. The summed E-state index contributed by atoms with van der Waals surface area (Å²) in [7, 11) is 0. The van der Waals surface area contributed by atoms with Gasteiger partial charge in [0.2, 0.25) is 11.8 Å². The molecule has 3 aromatic carbocycles. The number of benzene rings is 3. The first kappa shape index (κ1) is 18.6. The molecule has 0 amide bonds. The van der Waals surface area contributed by atoms with Crippen LogP contribution in [0.3, 0.4) is 0 Å². The predicted molar refractivity (Wildman–Crippen MR) is 118 cm³/mol. The Morgan fingerprint density at radius 2 is 1.60 bits per heavy atom. The van der Waals surface area contributed by atoms with E-state index in [0.29, 0.717) is 23.3 Å². The maximum atomic E-state index is 6.07. The number of aromatic nitrogens is 4. The Morgan fingerprint density at radius 1 is 0.867 bits per heavy atom. The van der Waals surface area contributed by atoms with Crippen molar-refractivity contribution in [3.8, 4) is 22.8 Å². The van der Waals surface area contributed by atoms with Crippen LogP contribution in [0.1, 0.15) is 18.4 Å². The molecule has 2 aromatic heterocycles. The third-order valence-corrected chi connectivity index (χ3v) is 5.38. The molecule has 5 rings (SSSR count).